The van der Waals surface area contributed by atoms with Crippen molar-refractivity contribution < 1.29 is 0 Å². The lowest BCUT2D eigenvalue weighted by atomic mass is 9.47. The van der Waals surface area contributed by atoms with Crippen LogP contribution in [0.1, 0.15) is 131 Å². The fourth-order valence-electron chi connectivity index (χ4n) is 9.54. The minimum Gasteiger partial charge on any atom is -0.314 e. The molecule has 0 aliphatic heterocycles. The maximum absolute atomic E-state index is 3.92. The van der Waals surface area contributed by atoms with Gasteiger partial charge in [0, 0.05) is 6.04 Å². The lowest BCUT2D eigenvalue weighted by Crippen LogP contribution is -2.51. The van der Waals surface area contributed by atoms with Crippen molar-refractivity contribution in [1.82, 2.24) is 5.32 Å². The van der Waals surface area contributed by atoms with Gasteiger partial charge in [0.15, 0.2) is 0 Å². The van der Waals surface area contributed by atoms with Gasteiger partial charge in [0.25, 0.3) is 0 Å². The minimum absolute atomic E-state index is 0.507. The van der Waals surface area contributed by atoms with Gasteiger partial charge in [-0.15, -0.1) is 0 Å². The number of unbranched alkanes of at least 4 members (excludes halogenated alkanes) is 2. The lowest BCUT2D eigenvalue weighted by Gasteiger charge is -2.58. The largest absolute Gasteiger partial charge is 0.314 e. The Labute approximate surface area is 207 Å². The summed E-state index contributed by atoms with van der Waals surface area (Å²) in [6, 6.07) is 0.745. The molecule has 4 rings (SSSR count). The van der Waals surface area contributed by atoms with E-state index in [4.69, 9.17) is 0 Å². The first-order chi connectivity index (χ1) is 15.8. The van der Waals surface area contributed by atoms with E-state index in [9.17, 15) is 0 Å². The highest BCUT2D eigenvalue weighted by Gasteiger charge is 2.59. The van der Waals surface area contributed by atoms with Gasteiger partial charge in [-0.2, -0.15) is 0 Å². The summed E-state index contributed by atoms with van der Waals surface area (Å²) in [6.45, 7) is 16.4. The van der Waals surface area contributed by atoms with Crippen molar-refractivity contribution >= 4 is 0 Å². The van der Waals surface area contributed by atoms with E-state index in [0.717, 1.165) is 41.5 Å². The second kappa shape index (κ2) is 10.8. The maximum atomic E-state index is 3.92. The summed E-state index contributed by atoms with van der Waals surface area (Å²) in [7, 11) is 0. The summed E-state index contributed by atoms with van der Waals surface area (Å²) in [6.07, 6.45) is 22.8. The molecule has 1 N–H and O–H groups in total. The Kier molecular flexibility index (Phi) is 8.40. The summed E-state index contributed by atoms with van der Waals surface area (Å²) in [5.41, 5.74) is 2.98. The second-order valence-corrected chi connectivity index (χ2v) is 13.9. The zero-order chi connectivity index (χ0) is 23.6. The van der Waals surface area contributed by atoms with E-state index in [1.165, 1.54) is 96.4 Å². The number of hydrogen-bond acceptors (Lipinski definition) is 1. The van der Waals surface area contributed by atoms with Crippen LogP contribution in [0.5, 0.6) is 0 Å². The molecule has 0 bridgehead atoms. The Hall–Kier alpha value is -0.300. The Balaban J connectivity index is 1.40. The summed E-state index contributed by atoms with van der Waals surface area (Å²) < 4.78 is 0. The van der Waals surface area contributed by atoms with E-state index in [-0.39, 0.29) is 0 Å². The zero-order valence-corrected chi connectivity index (χ0v) is 23.2. The summed E-state index contributed by atoms with van der Waals surface area (Å²) in [4.78, 5) is 0. The minimum atomic E-state index is 0.507. The van der Waals surface area contributed by atoms with E-state index in [1.807, 2.05) is 5.57 Å². The fraction of sp³-hybridized carbons (Fsp3) is 0.938. The third kappa shape index (κ3) is 5.15. The van der Waals surface area contributed by atoms with Crippen molar-refractivity contribution in [2.75, 3.05) is 6.54 Å². The Morgan fingerprint density at radius 3 is 2.52 bits per heavy atom. The Morgan fingerprint density at radius 1 is 0.939 bits per heavy atom. The van der Waals surface area contributed by atoms with Crippen LogP contribution in [0.4, 0.5) is 0 Å². The van der Waals surface area contributed by atoms with E-state index >= 15 is 0 Å². The monoisotopic (exact) mass is 455 g/mol. The van der Waals surface area contributed by atoms with Gasteiger partial charge in [0.1, 0.15) is 0 Å². The quantitative estimate of drug-likeness (QED) is 0.256. The molecule has 6 unspecified atom stereocenters. The van der Waals surface area contributed by atoms with Crippen molar-refractivity contribution in [2.24, 2.45) is 46.3 Å². The van der Waals surface area contributed by atoms with Crippen LogP contribution in [0, 0.1) is 46.3 Å². The average Bonchev–Trinajstić information content (AvgIpc) is 3.14. The van der Waals surface area contributed by atoms with E-state index in [0.29, 0.717) is 10.8 Å². The molecule has 1 heteroatoms. The Morgan fingerprint density at radius 2 is 1.76 bits per heavy atom. The number of rotatable bonds is 10. The highest BCUT2D eigenvalue weighted by atomic mass is 14.9. The lowest BCUT2D eigenvalue weighted by molar-refractivity contribution is -0.0514. The summed E-state index contributed by atoms with van der Waals surface area (Å²) in [5, 5.41) is 3.92. The molecule has 0 aromatic rings. The molecule has 0 amide bonds. The molecule has 0 heterocycles. The number of nitrogens with one attached hydrogen (secondary N) is 1. The van der Waals surface area contributed by atoms with Crippen molar-refractivity contribution in [3.63, 3.8) is 0 Å². The molecule has 0 saturated heterocycles. The van der Waals surface area contributed by atoms with Crippen molar-refractivity contribution in [2.45, 2.75) is 137 Å². The fourth-order valence-corrected chi connectivity index (χ4v) is 9.54. The molecular formula is C32H57N. The normalized spacial score (nSPS) is 41.3. The number of fused-ring (bicyclic) bond motifs is 5. The molecule has 4 aliphatic carbocycles. The molecule has 0 aromatic carbocycles. The predicted molar refractivity (Wildman–Crippen MR) is 144 cm³/mol. The molecule has 0 aromatic heterocycles. The van der Waals surface area contributed by atoms with E-state index in [2.05, 4.69) is 52.9 Å². The molecule has 1 nitrogen and oxygen atoms in total. The maximum Gasteiger partial charge on any atom is 0.0105 e. The van der Waals surface area contributed by atoms with Crippen LogP contribution in [-0.4, -0.2) is 12.6 Å². The van der Waals surface area contributed by atoms with Gasteiger partial charge in [0.2, 0.25) is 0 Å². The molecule has 33 heavy (non-hydrogen) atoms. The van der Waals surface area contributed by atoms with Crippen LogP contribution in [0.2, 0.25) is 0 Å². The van der Waals surface area contributed by atoms with Gasteiger partial charge in [-0.05, 0) is 111 Å². The summed E-state index contributed by atoms with van der Waals surface area (Å²) >= 11 is 0. The first-order valence-electron chi connectivity index (χ1n) is 15.2. The van der Waals surface area contributed by atoms with Crippen LogP contribution in [0.25, 0.3) is 0 Å². The van der Waals surface area contributed by atoms with Crippen molar-refractivity contribution in [1.29, 1.82) is 0 Å². The third-order valence-corrected chi connectivity index (χ3v) is 11.5. The van der Waals surface area contributed by atoms with E-state index in [1.54, 1.807) is 0 Å². The first kappa shape index (κ1) is 25.8. The van der Waals surface area contributed by atoms with Gasteiger partial charge < -0.3 is 5.32 Å². The van der Waals surface area contributed by atoms with Crippen molar-refractivity contribution in [3.05, 3.63) is 11.6 Å². The standard InChI is InChI=1S/C32H57N/c1-7-8-9-21-33-26-17-19-31(5)25(22-26)13-14-27-29-16-15-28(24(4)12-10-11-23(2)3)32(29,6)20-18-30(27)31/h13,23-24,26-30,33H,7-12,14-22H2,1-6H3/t24-,26+,27?,28?,29?,30?,31?,32?/m1/s1. The molecular weight excluding hydrogens is 398 g/mol. The van der Waals surface area contributed by atoms with Crippen molar-refractivity contribution in [3.8, 4) is 0 Å². The SMILES string of the molecule is CCCCCN[C@H]1CCC2(C)C(=CCC3C2CCC2(C)C3CCC2[C@H](C)CCCC(C)C)C1. The number of hydrogen-bond donors (Lipinski definition) is 1. The van der Waals surface area contributed by atoms with Gasteiger partial charge in [-0.25, -0.2) is 0 Å². The molecule has 0 spiro atoms. The van der Waals surface area contributed by atoms with Crippen LogP contribution >= 0.6 is 0 Å². The topological polar surface area (TPSA) is 12.0 Å². The van der Waals surface area contributed by atoms with E-state index < -0.39 is 0 Å². The molecule has 4 aliphatic rings. The van der Waals surface area contributed by atoms with Gasteiger partial charge in [-0.1, -0.05) is 85.3 Å². The second-order valence-electron chi connectivity index (χ2n) is 13.9. The molecule has 8 atom stereocenters. The van der Waals surface area contributed by atoms with Crippen LogP contribution in [-0.2, 0) is 0 Å². The van der Waals surface area contributed by atoms with Gasteiger partial charge in [-0.3, -0.25) is 0 Å². The molecule has 3 saturated carbocycles. The highest BCUT2D eigenvalue weighted by Crippen LogP contribution is 2.67. The smallest absolute Gasteiger partial charge is 0.0105 e. The Bertz CT molecular complexity index is 663. The molecule has 3 fully saturated rings. The molecule has 190 valence electrons. The third-order valence-electron chi connectivity index (χ3n) is 11.5. The molecule has 0 radical (unpaired) electrons. The predicted octanol–water partition coefficient (Wildman–Crippen LogP) is 9.18. The van der Waals surface area contributed by atoms with Gasteiger partial charge >= 0.3 is 0 Å². The van der Waals surface area contributed by atoms with Crippen LogP contribution < -0.4 is 5.32 Å². The van der Waals surface area contributed by atoms with Gasteiger partial charge in [0.05, 0.1) is 0 Å². The van der Waals surface area contributed by atoms with Crippen LogP contribution in [0.3, 0.4) is 0 Å². The first-order valence-corrected chi connectivity index (χ1v) is 15.2. The highest BCUT2D eigenvalue weighted by molar-refractivity contribution is 5.26. The summed E-state index contributed by atoms with van der Waals surface area (Å²) in [5.74, 6) is 5.70. The number of allylic oxidation sites excluding steroid dienone is 1. The average molecular weight is 456 g/mol. The van der Waals surface area contributed by atoms with Crippen LogP contribution in [0.15, 0.2) is 11.6 Å². The zero-order valence-electron chi connectivity index (χ0n) is 23.2.